The number of amides is 3. The van der Waals surface area contributed by atoms with Gasteiger partial charge >= 0.3 is 6.03 Å². The number of nitrogens with one attached hydrogen (secondary N) is 1. The lowest BCUT2D eigenvalue weighted by atomic mass is 9.95. The Bertz CT molecular complexity index is 884. The minimum atomic E-state index is -0.0936. The average Bonchev–Trinajstić information content (AvgIpc) is 3.19. The Labute approximate surface area is 171 Å². The van der Waals surface area contributed by atoms with E-state index in [0.717, 1.165) is 55.6 Å². The predicted octanol–water partition coefficient (Wildman–Crippen LogP) is 3.55. The molecule has 3 amide bonds. The van der Waals surface area contributed by atoms with Crippen molar-refractivity contribution in [2.75, 3.05) is 24.5 Å². The Hall–Kier alpha value is -2.89. The molecule has 1 aromatic heterocycles. The monoisotopic (exact) mass is 392 g/mol. The number of aryl methyl sites for hydroxylation is 2. The molecule has 1 atom stereocenters. The van der Waals surface area contributed by atoms with Crippen LogP contribution in [0.15, 0.2) is 42.6 Å². The van der Waals surface area contributed by atoms with Crippen molar-refractivity contribution in [2.24, 2.45) is 0 Å². The second-order valence-corrected chi connectivity index (χ2v) is 7.89. The lowest BCUT2D eigenvalue weighted by molar-refractivity contribution is 0.0601. The topological polar surface area (TPSA) is 65.5 Å². The molecular formula is C23H28N4O2. The van der Waals surface area contributed by atoms with Crippen molar-refractivity contribution in [1.82, 2.24) is 15.2 Å². The van der Waals surface area contributed by atoms with E-state index in [9.17, 15) is 9.59 Å². The molecule has 4 rings (SSSR count). The van der Waals surface area contributed by atoms with Crippen LogP contribution in [0.1, 0.15) is 47.3 Å². The molecule has 6 heteroatoms. The zero-order valence-electron chi connectivity index (χ0n) is 16.9. The molecular weight excluding hydrogens is 364 g/mol. The number of nitrogens with zero attached hydrogens (tertiary/aromatic N) is 3. The number of pyridine rings is 1. The van der Waals surface area contributed by atoms with E-state index in [1.807, 2.05) is 54.4 Å². The molecule has 2 saturated heterocycles. The van der Waals surface area contributed by atoms with Crippen LogP contribution < -0.4 is 10.2 Å². The number of urea groups is 1. The summed E-state index contributed by atoms with van der Waals surface area (Å²) in [5, 5.41) is 2.83. The minimum Gasteiger partial charge on any atom is -0.336 e. The Morgan fingerprint density at radius 2 is 2.10 bits per heavy atom. The summed E-state index contributed by atoms with van der Waals surface area (Å²) in [6.45, 7) is 4.04. The number of piperidine rings is 1. The van der Waals surface area contributed by atoms with Crippen LogP contribution >= 0.6 is 0 Å². The Balaban J connectivity index is 1.51. The lowest BCUT2D eigenvalue weighted by Crippen LogP contribution is -2.44. The molecule has 0 bridgehead atoms. The zero-order valence-corrected chi connectivity index (χ0v) is 16.9. The number of carbonyl (C=O) groups excluding carboxylic acids is 2. The number of aromatic nitrogens is 1. The van der Waals surface area contributed by atoms with Gasteiger partial charge in [-0.2, -0.15) is 0 Å². The summed E-state index contributed by atoms with van der Waals surface area (Å²) >= 11 is 0. The summed E-state index contributed by atoms with van der Waals surface area (Å²) in [6, 6.07) is 11.8. The van der Waals surface area contributed by atoms with E-state index in [1.54, 1.807) is 4.90 Å². The van der Waals surface area contributed by atoms with Gasteiger partial charge in [0.15, 0.2) is 0 Å². The van der Waals surface area contributed by atoms with E-state index in [0.29, 0.717) is 18.7 Å². The summed E-state index contributed by atoms with van der Waals surface area (Å²) in [7, 11) is 0. The number of hydrogen-bond acceptors (Lipinski definition) is 3. The Morgan fingerprint density at radius 1 is 1.21 bits per heavy atom. The highest BCUT2D eigenvalue weighted by Gasteiger charge is 2.29. The van der Waals surface area contributed by atoms with E-state index < -0.39 is 0 Å². The zero-order chi connectivity index (χ0) is 20.2. The molecule has 0 saturated carbocycles. The summed E-state index contributed by atoms with van der Waals surface area (Å²) in [5.74, 6) is 0.0663. The van der Waals surface area contributed by atoms with Crippen LogP contribution in [-0.4, -0.2) is 47.5 Å². The average molecular weight is 393 g/mol. The standard InChI is InChI=1S/C23H28N4O2/c1-17-8-9-18(16-21(17)27-15-13-25-23(27)29)22(28)26-14-5-3-7-20(26)11-10-19-6-2-4-12-24-19/h2,4,6,8-9,12,16,20H,3,5,7,10-11,13-15H2,1H3,(H,25,29)/t20-/m0/s1. The summed E-state index contributed by atoms with van der Waals surface area (Å²) in [5.41, 5.74) is 3.56. The molecule has 2 aromatic rings. The van der Waals surface area contributed by atoms with Gasteiger partial charge in [-0.1, -0.05) is 12.1 Å². The van der Waals surface area contributed by atoms with E-state index >= 15 is 0 Å². The summed E-state index contributed by atoms with van der Waals surface area (Å²) in [4.78, 5) is 33.6. The maximum Gasteiger partial charge on any atom is 0.322 e. The van der Waals surface area contributed by atoms with Crippen LogP contribution in [0.4, 0.5) is 10.5 Å². The smallest absolute Gasteiger partial charge is 0.322 e. The molecule has 0 spiro atoms. The van der Waals surface area contributed by atoms with Gasteiger partial charge in [0.1, 0.15) is 0 Å². The van der Waals surface area contributed by atoms with E-state index in [4.69, 9.17) is 0 Å². The lowest BCUT2D eigenvalue weighted by Gasteiger charge is -2.36. The third-order valence-corrected chi connectivity index (χ3v) is 5.95. The third kappa shape index (κ3) is 4.26. The number of rotatable bonds is 5. The number of benzene rings is 1. The van der Waals surface area contributed by atoms with Crippen molar-refractivity contribution in [3.8, 4) is 0 Å². The van der Waals surface area contributed by atoms with Crippen molar-refractivity contribution >= 4 is 17.6 Å². The van der Waals surface area contributed by atoms with Crippen LogP contribution in [0.3, 0.4) is 0 Å². The van der Waals surface area contributed by atoms with Gasteiger partial charge in [0.25, 0.3) is 5.91 Å². The van der Waals surface area contributed by atoms with Gasteiger partial charge in [-0.3, -0.25) is 14.7 Å². The van der Waals surface area contributed by atoms with Gasteiger partial charge in [0.2, 0.25) is 0 Å². The maximum atomic E-state index is 13.4. The second kappa shape index (κ2) is 8.64. The van der Waals surface area contributed by atoms with Gasteiger partial charge in [-0.25, -0.2) is 4.79 Å². The molecule has 152 valence electrons. The van der Waals surface area contributed by atoms with Crippen molar-refractivity contribution in [1.29, 1.82) is 0 Å². The molecule has 29 heavy (non-hydrogen) atoms. The van der Waals surface area contributed by atoms with Crippen molar-refractivity contribution in [3.05, 3.63) is 59.4 Å². The van der Waals surface area contributed by atoms with Crippen molar-refractivity contribution in [3.63, 3.8) is 0 Å². The number of hydrogen-bond donors (Lipinski definition) is 1. The molecule has 2 aliphatic heterocycles. The fraction of sp³-hybridized carbons (Fsp3) is 0.435. The van der Waals surface area contributed by atoms with Gasteiger partial charge in [0, 0.05) is 48.8 Å². The molecule has 0 radical (unpaired) electrons. The number of likely N-dealkylation sites (tertiary alicyclic amines) is 1. The first-order chi connectivity index (χ1) is 14.1. The van der Waals surface area contributed by atoms with Crippen LogP contribution in [0, 0.1) is 6.92 Å². The van der Waals surface area contributed by atoms with Gasteiger partial charge in [0.05, 0.1) is 0 Å². The molecule has 6 nitrogen and oxygen atoms in total. The van der Waals surface area contributed by atoms with Crippen LogP contribution in [0.5, 0.6) is 0 Å². The van der Waals surface area contributed by atoms with Gasteiger partial charge in [-0.15, -0.1) is 0 Å². The van der Waals surface area contributed by atoms with Gasteiger partial charge in [-0.05, 0) is 68.9 Å². The van der Waals surface area contributed by atoms with Crippen LogP contribution in [-0.2, 0) is 6.42 Å². The quantitative estimate of drug-likeness (QED) is 0.846. The number of carbonyl (C=O) groups is 2. The SMILES string of the molecule is Cc1ccc(C(=O)N2CCCC[C@H]2CCc2ccccn2)cc1N1CCNC1=O. The molecule has 1 N–H and O–H groups in total. The highest BCUT2D eigenvalue weighted by atomic mass is 16.2. The molecule has 1 aromatic carbocycles. The van der Waals surface area contributed by atoms with Crippen LogP contribution in [0.25, 0.3) is 0 Å². The van der Waals surface area contributed by atoms with Gasteiger partial charge < -0.3 is 10.2 Å². The maximum absolute atomic E-state index is 13.4. The normalized spacial score (nSPS) is 19.3. The highest BCUT2D eigenvalue weighted by molar-refractivity contribution is 5.99. The Kier molecular flexibility index (Phi) is 5.79. The first kappa shape index (κ1) is 19.4. The summed E-state index contributed by atoms with van der Waals surface area (Å²) < 4.78 is 0. The fourth-order valence-electron chi connectivity index (χ4n) is 4.33. The van der Waals surface area contributed by atoms with Crippen molar-refractivity contribution < 1.29 is 9.59 Å². The molecule has 3 heterocycles. The third-order valence-electron chi connectivity index (χ3n) is 5.95. The Morgan fingerprint density at radius 3 is 2.86 bits per heavy atom. The molecule has 2 aliphatic rings. The van der Waals surface area contributed by atoms with Crippen LogP contribution in [0.2, 0.25) is 0 Å². The summed E-state index contributed by atoms with van der Waals surface area (Å²) in [6.07, 6.45) is 6.86. The van der Waals surface area contributed by atoms with E-state index in [2.05, 4.69) is 10.3 Å². The highest BCUT2D eigenvalue weighted by Crippen LogP contribution is 2.27. The second-order valence-electron chi connectivity index (χ2n) is 7.89. The number of anilines is 1. The first-order valence-corrected chi connectivity index (χ1v) is 10.5. The fourth-order valence-corrected chi connectivity index (χ4v) is 4.33. The molecule has 0 aliphatic carbocycles. The largest absolute Gasteiger partial charge is 0.336 e. The van der Waals surface area contributed by atoms with E-state index in [-0.39, 0.29) is 18.0 Å². The van der Waals surface area contributed by atoms with Crippen molar-refractivity contribution in [2.45, 2.75) is 45.1 Å². The minimum absolute atomic E-state index is 0.0663. The molecule has 0 unspecified atom stereocenters. The van der Waals surface area contributed by atoms with E-state index in [1.165, 1.54) is 0 Å². The molecule has 2 fully saturated rings. The predicted molar refractivity (Wildman–Crippen MR) is 113 cm³/mol. The first-order valence-electron chi connectivity index (χ1n) is 10.5.